The second-order valence-electron chi connectivity index (χ2n) is 7.38. The zero-order valence-corrected chi connectivity index (χ0v) is 16.1. The first kappa shape index (κ1) is 20.6. The Morgan fingerprint density at radius 1 is 0.933 bits per heavy atom. The maximum Gasteiger partial charge on any atom is 0.229 e. The molecule has 0 amide bonds. The van der Waals surface area contributed by atoms with Crippen molar-refractivity contribution < 1.29 is 39.4 Å². The van der Waals surface area contributed by atoms with Gasteiger partial charge in [0.05, 0.1) is 18.3 Å². The van der Waals surface area contributed by atoms with Crippen molar-refractivity contribution in [1.82, 2.24) is 0 Å². The van der Waals surface area contributed by atoms with E-state index < -0.39 is 37.3 Å². The summed E-state index contributed by atoms with van der Waals surface area (Å²) in [6, 6.07) is 12.2. The number of aliphatic hydroxyl groups excluding tert-OH is 4. The highest BCUT2D eigenvalue weighted by atomic mass is 16.7. The summed E-state index contributed by atoms with van der Waals surface area (Å²) in [5.74, 6) is 0.590. The van der Waals surface area contributed by atoms with Gasteiger partial charge < -0.3 is 39.4 Å². The second kappa shape index (κ2) is 8.63. The molecule has 30 heavy (non-hydrogen) atoms. The fourth-order valence-corrected chi connectivity index (χ4v) is 3.68. The lowest BCUT2D eigenvalue weighted by Gasteiger charge is -2.39. The minimum Gasteiger partial charge on any atom is -0.508 e. The van der Waals surface area contributed by atoms with Gasteiger partial charge in [-0.1, -0.05) is 18.2 Å². The van der Waals surface area contributed by atoms with E-state index in [1.165, 1.54) is 0 Å². The number of phenols is 1. The Hall–Kier alpha value is -2.62. The van der Waals surface area contributed by atoms with Gasteiger partial charge in [0.2, 0.25) is 6.29 Å². The fraction of sp³-hybridized carbons (Fsp3) is 0.364. The molecular weight excluding hydrogens is 392 g/mol. The van der Waals surface area contributed by atoms with Crippen LogP contribution in [-0.4, -0.2) is 62.8 Å². The van der Waals surface area contributed by atoms with Crippen LogP contribution in [0.15, 0.2) is 53.1 Å². The van der Waals surface area contributed by atoms with Crippen molar-refractivity contribution in [3.8, 4) is 11.5 Å². The first-order valence-electron chi connectivity index (χ1n) is 9.72. The molecule has 1 fully saturated rings. The van der Waals surface area contributed by atoms with Gasteiger partial charge in [-0.05, 0) is 42.7 Å². The van der Waals surface area contributed by atoms with Crippen LogP contribution in [-0.2, 0) is 17.6 Å². The highest BCUT2D eigenvalue weighted by Crippen LogP contribution is 2.34. The molecule has 4 rings (SSSR count). The molecule has 0 radical (unpaired) electrons. The summed E-state index contributed by atoms with van der Waals surface area (Å²) in [7, 11) is 0. The van der Waals surface area contributed by atoms with E-state index in [0.29, 0.717) is 29.6 Å². The second-order valence-corrected chi connectivity index (χ2v) is 7.38. The van der Waals surface area contributed by atoms with E-state index in [1.807, 2.05) is 6.07 Å². The topological polar surface area (TPSA) is 133 Å². The number of aryl methyl sites for hydroxylation is 2. The number of fused-ring (bicyclic) bond motifs is 1. The van der Waals surface area contributed by atoms with E-state index in [4.69, 9.17) is 13.9 Å². The van der Waals surface area contributed by atoms with Crippen molar-refractivity contribution in [3.63, 3.8) is 0 Å². The van der Waals surface area contributed by atoms with Crippen molar-refractivity contribution in [2.75, 3.05) is 6.61 Å². The maximum absolute atomic E-state index is 10.3. The summed E-state index contributed by atoms with van der Waals surface area (Å²) in [5, 5.41) is 49.9. The number of ether oxygens (including phenoxy) is 2. The van der Waals surface area contributed by atoms with Crippen LogP contribution in [0, 0.1) is 0 Å². The average molecular weight is 416 g/mol. The molecule has 0 spiro atoms. The van der Waals surface area contributed by atoms with Gasteiger partial charge in [0.1, 0.15) is 41.5 Å². The van der Waals surface area contributed by atoms with Gasteiger partial charge in [-0.2, -0.15) is 0 Å². The highest BCUT2D eigenvalue weighted by molar-refractivity contribution is 5.87. The minimum atomic E-state index is -1.52. The SMILES string of the molecule is OC[C@H]1O[C@@H](Oc2cccc3occ(CCc4cccc(O)c4)c23)[C@H](O)[C@@H](O)[C@@H]1O. The van der Waals surface area contributed by atoms with Crippen LogP contribution in [0.3, 0.4) is 0 Å². The number of benzene rings is 2. The first-order valence-corrected chi connectivity index (χ1v) is 9.72. The molecule has 8 nitrogen and oxygen atoms in total. The van der Waals surface area contributed by atoms with Crippen molar-refractivity contribution >= 4 is 11.0 Å². The van der Waals surface area contributed by atoms with Crippen molar-refractivity contribution in [2.24, 2.45) is 0 Å². The molecule has 160 valence electrons. The summed E-state index contributed by atoms with van der Waals surface area (Å²) in [4.78, 5) is 0. The summed E-state index contributed by atoms with van der Waals surface area (Å²) in [6.45, 7) is -0.532. The Morgan fingerprint density at radius 3 is 2.50 bits per heavy atom. The molecule has 1 aliphatic rings. The highest BCUT2D eigenvalue weighted by Gasteiger charge is 2.44. The molecule has 3 aromatic rings. The summed E-state index contributed by atoms with van der Waals surface area (Å²) in [6.07, 6.45) is -3.89. The van der Waals surface area contributed by atoms with Gasteiger partial charge in [0, 0.05) is 5.56 Å². The zero-order chi connectivity index (χ0) is 21.3. The standard InChI is InChI=1S/C22H24O8/c23-10-17-19(25)20(26)21(27)22(30-17)29-16-6-2-5-15-18(16)13(11-28-15)8-7-12-3-1-4-14(24)9-12/h1-6,9,11,17,19-27H,7-8,10H2/t17-,19-,20+,21-,22-/m1/s1. The molecule has 5 N–H and O–H groups in total. The third kappa shape index (κ3) is 4.00. The predicted octanol–water partition coefficient (Wildman–Crippen LogP) is 1.10. The molecule has 1 aromatic heterocycles. The summed E-state index contributed by atoms with van der Waals surface area (Å²) in [5.41, 5.74) is 2.42. The Bertz CT molecular complexity index is 998. The number of rotatable bonds is 6. The molecule has 5 atom stereocenters. The molecule has 0 bridgehead atoms. The molecule has 1 saturated heterocycles. The van der Waals surface area contributed by atoms with Crippen LogP contribution in [0.25, 0.3) is 11.0 Å². The summed E-state index contributed by atoms with van der Waals surface area (Å²) >= 11 is 0. The third-order valence-electron chi connectivity index (χ3n) is 5.32. The quantitative estimate of drug-likeness (QED) is 0.404. The Labute approximate surface area is 172 Å². The fourth-order valence-electron chi connectivity index (χ4n) is 3.68. The molecule has 2 heterocycles. The molecule has 1 aliphatic heterocycles. The van der Waals surface area contributed by atoms with Gasteiger partial charge in [-0.3, -0.25) is 0 Å². The van der Waals surface area contributed by atoms with Crippen molar-refractivity contribution in [2.45, 2.75) is 43.5 Å². The Kier molecular flexibility index (Phi) is 5.94. The maximum atomic E-state index is 10.3. The average Bonchev–Trinajstić information content (AvgIpc) is 3.17. The van der Waals surface area contributed by atoms with Crippen LogP contribution in [0.2, 0.25) is 0 Å². The van der Waals surface area contributed by atoms with Crippen LogP contribution in [0.4, 0.5) is 0 Å². The van der Waals surface area contributed by atoms with Crippen LogP contribution >= 0.6 is 0 Å². The van der Waals surface area contributed by atoms with Crippen LogP contribution in [0.5, 0.6) is 11.5 Å². The van der Waals surface area contributed by atoms with E-state index in [0.717, 1.165) is 11.1 Å². The number of aliphatic hydroxyl groups is 4. The molecule has 8 heteroatoms. The van der Waals surface area contributed by atoms with Gasteiger partial charge >= 0.3 is 0 Å². The number of phenolic OH excluding ortho intramolecular Hbond substituents is 1. The number of aromatic hydroxyl groups is 1. The number of furan rings is 1. The predicted molar refractivity (Wildman–Crippen MR) is 106 cm³/mol. The monoisotopic (exact) mass is 416 g/mol. The zero-order valence-electron chi connectivity index (χ0n) is 16.1. The Balaban J connectivity index is 1.58. The lowest BCUT2D eigenvalue weighted by Crippen LogP contribution is -2.60. The van der Waals surface area contributed by atoms with E-state index in [1.54, 1.807) is 42.7 Å². The lowest BCUT2D eigenvalue weighted by molar-refractivity contribution is -0.277. The van der Waals surface area contributed by atoms with E-state index in [-0.39, 0.29) is 5.75 Å². The molecule has 0 saturated carbocycles. The van der Waals surface area contributed by atoms with Crippen LogP contribution in [0.1, 0.15) is 11.1 Å². The lowest BCUT2D eigenvalue weighted by atomic mass is 9.99. The normalized spacial score (nSPS) is 26.7. The number of hydrogen-bond donors (Lipinski definition) is 5. The summed E-state index contributed by atoms with van der Waals surface area (Å²) < 4.78 is 16.9. The van der Waals surface area contributed by atoms with Gasteiger partial charge in [-0.15, -0.1) is 0 Å². The number of hydrogen-bond acceptors (Lipinski definition) is 8. The Morgan fingerprint density at radius 2 is 1.73 bits per heavy atom. The molecule has 2 aromatic carbocycles. The van der Waals surface area contributed by atoms with Gasteiger partial charge in [0.15, 0.2) is 0 Å². The van der Waals surface area contributed by atoms with Crippen LogP contribution < -0.4 is 4.74 Å². The van der Waals surface area contributed by atoms with E-state index in [2.05, 4.69) is 0 Å². The van der Waals surface area contributed by atoms with Crippen molar-refractivity contribution in [1.29, 1.82) is 0 Å². The molecular formula is C22H24O8. The molecule has 0 aliphatic carbocycles. The van der Waals surface area contributed by atoms with Gasteiger partial charge in [-0.25, -0.2) is 0 Å². The first-order chi connectivity index (χ1) is 14.5. The third-order valence-corrected chi connectivity index (χ3v) is 5.32. The smallest absolute Gasteiger partial charge is 0.229 e. The van der Waals surface area contributed by atoms with E-state index in [9.17, 15) is 25.5 Å². The largest absolute Gasteiger partial charge is 0.508 e. The minimum absolute atomic E-state index is 0.205. The van der Waals surface area contributed by atoms with E-state index >= 15 is 0 Å². The van der Waals surface area contributed by atoms with Crippen molar-refractivity contribution in [3.05, 3.63) is 59.9 Å². The van der Waals surface area contributed by atoms with Gasteiger partial charge in [0.25, 0.3) is 0 Å². The molecule has 0 unspecified atom stereocenters.